The first kappa shape index (κ1) is 11.0. The van der Waals surface area contributed by atoms with Crippen molar-refractivity contribution < 1.29 is 0 Å². The topological polar surface area (TPSA) is 48.5 Å². The number of aromatic nitrogens is 5. The Bertz CT molecular complexity index is 863. The second-order valence-corrected chi connectivity index (χ2v) is 4.73. The van der Waals surface area contributed by atoms with Gasteiger partial charge in [-0.25, -0.2) is 4.98 Å². The molecule has 3 aromatic rings. The van der Waals surface area contributed by atoms with E-state index in [1.165, 1.54) is 0 Å². The van der Waals surface area contributed by atoms with Gasteiger partial charge in [0.25, 0.3) is 0 Å². The van der Waals surface area contributed by atoms with Gasteiger partial charge in [0.2, 0.25) is 0 Å². The minimum Gasteiger partial charge on any atom is -0.305 e. The van der Waals surface area contributed by atoms with E-state index in [9.17, 15) is 0 Å². The number of para-hydroxylation sites is 1. The molecule has 1 aromatic carbocycles. The molecule has 0 saturated carbocycles. The molecule has 0 atom stereocenters. The monoisotopic (exact) mass is 261 g/mol. The third kappa shape index (κ3) is 1.30. The molecule has 0 amide bonds. The average molecular weight is 261 g/mol. The van der Waals surface area contributed by atoms with Crippen molar-refractivity contribution in [2.24, 2.45) is 0 Å². The zero-order valence-electron chi connectivity index (χ0n) is 10.9. The van der Waals surface area contributed by atoms with Gasteiger partial charge < -0.3 is 4.57 Å². The zero-order valence-corrected chi connectivity index (χ0v) is 10.9. The van der Waals surface area contributed by atoms with Crippen molar-refractivity contribution in [1.29, 1.82) is 0 Å². The number of rotatable bonds is 0. The fraction of sp³-hybridized carbons (Fsp3) is 0.133. The molecular formula is C15H11N5. The largest absolute Gasteiger partial charge is 0.305 e. The van der Waals surface area contributed by atoms with Crippen LogP contribution < -0.4 is 0 Å². The van der Waals surface area contributed by atoms with Crippen molar-refractivity contribution in [2.45, 2.75) is 13.5 Å². The third-order valence-electron chi connectivity index (χ3n) is 3.65. The number of aryl methyl sites for hydroxylation is 1. The van der Waals surface area contributed by atoms with Crippen LogP contribution in [0.5, 0.6) is 0 Å². The Morgan fingerprint density at radius 1 is 1.25 bits per heavy atom. The predicted molar refractivity (Wildman–Crippen MR) is 74.4 cm³/mol. The molecule has 2 aromatic heterocycles. The average Bonchev–Trinajstić information content (AvgIpc) is 3.01. The van der Waals surface area contributed by atoms with Gasteiger partial charge in [-0.05, 0) is 25.0 Å². The second-order valence-electron chi connectivity index (χ2n) is 4.73. The standard InChI is InChI=1S/C15H11N5/c1-3-12-14-8-19-10(2)17-18-15(19)11-6-4-5-7-13(11)20(14)9-16-12/h1,4-7,9H,8H2,2H3. The molecule has 4 rings (SSSR count). The van der Waals surface area contributed by atoms with Crippen molar-refractivity contribution in [3.8, 4) is 29.4 Å². The first-order valence-electron chi connectivity index (χ1n) is 6.32. The number of hydrogen-bond donors (Lipinski definition) is 0. The first-order chi connectivity index (χ1) is 9.79. The Labute approximate surface area is 115 Å². The van der Waals surface area contributed by atoms with E-state index in [2.05, 4.69) is 25.7 Å². The van der Waals surface area contributed by atoms with Gasteiger partial charge in [-0.1, -0.05) is 12.1 Å². The maximum Gasteiger partial charge on any atom is 0.166 e. The van der Waals surface area contributed by atoms with Crippen molar-refractivity contribution in [2.75, 3.05) is 0 Å². The van der Waals surface area contributed by atoms with Crippen LogP contribution in [0.3, 0.4) is 0 Å². The quantitative estimate of drug-likeness (QED) is 0.453. The molecule has 0 spiro atoms. The summed E-state index contributed by atoms with van der Waals surface area (Å²) in [6, 6.07) is 8.08. The van der Waals surface area contributed by atoms with Gasteiger partial charge in [-0.15, -0.1) is 16.6 Å². The van der Waals surface area contributed by atoms with Gasteiger partial charge in [0.05, 0.1) is 17.9 Å². The van der Waals surface area contributed by atoms with Gasteiger partial charge in [0.1, 0.15) is 17.8 Å². The molecule has 0 bridgehead atoms. The molecule has 96 valence electrons. The Hall–Kier alpha value is -2.87. The lowest BCUT2D eigenvalue weighted by atomic mass is 10.1. The highest BCUT2D eigenvalue weighted by Crippen LogP contribution is 2.31. The lowest BCUT2D eigenvalue weighted by Crippen LogP contribution is -2.06. The number of benzene rings is 1. The summed E-state index contributed by atoms with van der Waals surface area (Å²) < 4.78 is 4.11. The minimum atomic E-state index is 0.627. The molecule has 0 unspecified atom stereocenters. The second kappa shape index (κ2) is 3.81. The number of nitrogens with zero attached hydrogens (tertiary/aromatic N) is 5. The summed E-state index contributed by atoms with van der Waals surface area (Å²) in [7, 11) is 0. The van der Waals surface area contributed by atoms with Crippen LogP contribution in [0.25, 0.3) is 17.1 Å². The first-order valence-corrected chi connectivity index (χ1v) is 6.32. The van der Waals surface area contributed by atoms with E-state index in [1.807, 2.05) is 35.8 Å². The normalized spacial score (nSPS) is 12.0. The summed E-state index contributed by atoms with van der Waals surface area (Å²) in [5.74, 6) is 4.38. The summed E-state index contributed by atoms with van der Waals surface area (Å²) in [4.78, 5) is 4.32. The maximum atomic E-state index is 5.56. The van der Waals surface area contributed by atoms with Crippen LogP contribution >= 0.6 is 0 Å². The van der Waals surface area contributed by atoms with Crippen LogP contribution in [-0.4, -0.2) is 24.3 Å². The number of terminal acetylenes is 1. The number of imidazole rings is 1. The summed E-state index contributed by atoms with van der Waals surface area (Å²) in [5.41, 5.74) is 3.72. The number of fused-ring (bicyclic) bond motifs is 5. The van der Waals surface area contributed by atoms with E-state index in [4.69, 9.17) is 6.42 Å². The third-order valence-corrected chi connectivity index (χ3v) is 3.65. The van der Waals surface area contributed by atoms with E-state index < -0.39 is 0 Å². The molecule has 1 aliphatic heterocycles. The highest BCUT2D eigenvalue weighted by atomic mass is 15.3. The molecule has 0 fully saturated rings. The summed E-state index contributed by atoms with van der Waals surface area (Å²) in [5, 5.41) is 8.49. The minimum absolute atomic E-state index is 0.627. The Morgan fingerprint density at radius 2 is 2.10 bits per heavy atom. The lowest BCUT2D eigenvalue weighted by molar-refractivity contribution is 0.742. The predicted octanol–water partition coefficient (Wildman–Crippen LogP) is 1.78. The van der Waals surface area contributed by atoms with E-state index in [-0.39, 0.29) is 0 Å². The lowest BCUT2D eigenvalue weighted by Gasteiger charge is -2.07. The molecule has 0 N–H and O–H groups in total. The zero-order chi connectivity index (χ0) is 13.7. The SMILES string of the molecule is C#Cc1ncn2c1Cn1c(C)nnc1-c1ccccc1-2. The van der Waals surface area contributed by atoms with E-state index in [1.54, 1.807) is 6.33 Å². The Morgan fingerprint density at radius 3 is 2.95 bits per heavy atom. The van der Waals surface area contributed by atoms with Crippen molar-refractivity contribution in [3.63, 3.8) is 0 Å². The molecule has 5 heteroatoms. The van der Waals surface area contributed by atoms with Crippen molar-refractivity contribution in [3.05, 3.63) is 47.8 Å². The van der Waals surface area contributed by atoms with E-state index in [0.29, 0.717) is 12.2 Å². The molecule has 3 heterocycles. The summed E-state index contributed by atoms with van der Waals surface area (Å²) in [6.07, 6.45) is 7.33. The van der Waals surface area contributed by atoms with Gasteiger partial charge in [0.15, 0.2) is 5.82 Å². The van der Waals surface area contributed by atoms with Gasteiger partial charge in [-0.2, -0.15) is 0 Å². The van der Waals surface area contributed by atoms with Crippen LogP contribution in [-0.2, 0) is 6.54 Å². The van der Waals surface area contributed by atoms with Gasteiger partial charge in [-0.3, -0.25) is 4.57 Å². The van der Waals surface area contributed by atoms with Crippen molar-refractivity contribution in [1.82, 2.24) is 24.3 Å². The van der Waals surface area contributed by atoms with Gasteiger partial charge in [0, 0.05) is 5.56 Å². The van der Waals surface area contributed by atoms with Gasteiger partial charge >= 0.3 is 0 Å². The van der Waals surface area contributed by atoms with Crippen molar-refractivity contribution >= 4 is 0 Å². The van der Waals surface area contributed by atoms with Crippen LogP contribution in [0.1, 0.15) is 17.2 Å². The molecule has 5 nitrogen and oxygen atoms in total. The van der Waals surface area contributed by atoms with E-state index >= 15 is 0 Å². The fourth-order valence-corrected chi connectivity index (χ4v) is 2.65. The van der Waals surface area contributed by atoms with E-state index in [0.717, 1.165) is 28.6 Å². The molecule has 0 saturated heterocycles. The van der Waals surface area contributed by atoms with Crippen LogP contribution in [0.15, 0.2) is 30.6 Å². The Balaban J connectivity index is 2.13. The molecule has 0 radical (unpaired) electrons. The molecule has 0 aliphatic carbocycles. The van der Waals surface area contributed by atoms with Crippen LogP contribution in [0, 0.1) is 19.3 Å². The molecule has 20 heavy (non-hydrogen) atoms. The smallest absolute Gasteiger partial charge is 0.166 e. The Kier molecular flexibility index (Phi) is 2.10. The molecule has 1 aliphatic rings. The molecular weight excluding hydrogens is 250 g/mol. The highest BCUT2D eigenvalue weighted by Gasteiger charge is 2.23. The fourth-order valence-electron chi connectivity index (χ4n) is 2.65. The maximum absolute atomic E-state index is 5.56. The highest BCUT2D eigenvalue weighted by molar-refractivity contribution is 5.69. The van der Waals surface area contributed by atoms with Crippen LogP contribution in [0.2, 0.25) is 0 Å². The summed E-state index contributed by atoms with van der Waals surface area (Å²) in [6.45, 7) is 2.57. The van der Waals surface area contributed by atoms with Crippen LogP contribution in [0.4, 0.5) is 0 Å². The number of hydrogen-bond acceptors (Lipinski definition) is 3. The summed E-state index contributed by atoms with van der Waals surface area (Å²) >= 11 is 0.